The molecule has 5 nitrogen and oxygen atoms in total. The Morgan fingerprint density at radius 1 is 1.27 bits per heavy atom. The summed E-state index contributed by atoms with van der Waals surface area (Å²) in [4.78, 5) is 0. The van der Waals surface area contributed by atoms with Crippen molar-refractivity contribution in [1.29, 1.82) is 0 Å². The molecule has 1 heterocycles. The minimum atomic E-state index is -0.967. The Hall–Kier alpha value is -0.200. The fraction of sp³-hybridized carbons (Fsp3) is 1.00. The van der Waals surface area contributed by atoms with Crippen molar-refractivity contribution >= 4 is 0 Å². The number of hydrogen-bond acceptors (Lipinski definition) is 5. The maximum absolute atomic E-state index is 9.21. The quantitative estimate of drug-likeness (QED) is 0.360. The third-order valence-electron chi connectivity index (χ3n) is 1.95. The van der Waals surface area contributed by atoms with Crippen LogP contribution < -0.4 is 0 Å². The van der Waals surface area contributed by atoms with Crippen molar-refractivity contribution in [3.63, 3.8) is 0 Å². The monoisotopic (exact) mass is 163 g/mol. The second kappa shape index (κ2) is 3.46. The molecule has 1 rings (SSSR count). The average molecular weight is 163 g/mol. The van der Waals surface area contributed by atoms with E-state index in [0.717, 1.165) is 5.06 Å². The Balaban J connectivity index is 2.51. The van der Waals surface area contributed by atoms with Gasteiger partial charge in [0.15, 0.2) is 0 Å². The Morgan fingerprint density at radius 2 is 1.91 bits per heavy atom. The molecular formula is C6H13NO4. The normalized spacial score (nSPS) is 40.9. The summed E-state index contributed by atoms with van der Waals surface area (Å²) in [6.45, 7) is 0.0156. The van der Waals surface area contributed by atoms with Gasteiger partial charge < -0.3 is 20.5 Å². The molecule has 1 saturated heterocycles. The highest BCUT2D eigenvalue weighted by Gasteiger charge is 2.33. The topological polar surface area (TPSA) is 84.2 Å². The standard InChI is InChI=1S/C6H13NO4/c8-3-4-1-7(11)2-5(9)6(4)10/h4-6,8-11H,1-3H2. The third kappa shape index (κ3) is 1.88. The number of hydroxylamine groups is 2. The van der Waals surface area contributed by atoms with Crippen LogP contribution in [0.2, 0.25) is 0 Å². The summed E-state index contributed by atoms with van der Waals surface area (Å²) in [6, 6.07) is 0. The molecule has 66 valence electrons. The third-order valence-corrected chi connectivity index (χ3v) is 1.95. The maximum Gasteiger partial charge on any atom is 0.0952 e. The van der Waals surface area contributed by atoms with E-state index in [4.69, 9.17) is 15.4 Å². The molecule has 0 bridgehead atoms. The molecule has 0 amide bonds. The molecule has 0 aliphatic carbocycles. The molecular weight excluding hydrogens is 150 g/mol. The minimum absolute atomic E-state index is 0.0394. The highest BCUT2D eigenvalue weighted by atomic mass is 16.5. The number of rotatable bonds is 1. The van der Waals surface area contributed by atoms with E-state index in [1.807, 2.05) is 0 Å². The zero-order valence-corrected chi connectivity index (χ0v) is 6.09. The number of nitrogens with zero attached hydrogens (tertiary/aromatic N) is 1. The SMILES string of the molecule is OCC1CN(O)CC(O)C1O. The fourth-order valence-electron chi connectivity index (χ4n) is 1.26. The first-order valence-corrected chi connectivity index (χ1v) is 3.56. The first-order chi connectivity index (χ1) is 5.15. The Bertz CT molecular complexity index is 132. The highest BCUT2D eigenvalue weighted by Crippen LogP contribution is 2.15. The number of aliphatic hydroxyl groups is 3. The first-order valence-electron chi connectivity index (χ1n) is 3.56. The molecule has 0 saturated carbocycles. The molecule has 0 spiro atoms. The lowest BCUT2D eigenvalue weighted by Gasteiger charge is -2.34. The van der Waals surface area contributed by atoms with Gasteiger partial charge in [0, 0.05) is 19.1 Å². The number of β-amino-alcohol motifs (C(OH)–C–C–N with tert-alkyl or cyclic N) is 1. The number of piperidine rings is 1. The minimum Gasteiger partial charge on any atom is -0.396 e. The summed E-state index contributed by atoms with van der Waals surface area (Å²) in [5.41, 5.74) is 0. The second-order valence-corrected chi connectivity index (χ2v) is 2.87. The lowest BCUT2D eigenvalue weighted by Crippen LogP contribution is -2.52. The van der Waals surface area contributed by atoms with E-state index < -0.39 is 18.1 Å². The van der Waals surface area contributed by atoms with E-state index in [-0.39, 0.29) is 19.7 Å². The van der Waals surface area contributed by atoms with Gasteiger partial charge >= 0.3 is 0 Å². The van der Waals surface area contributed by atoms with Gasteiger partial charge in [-0.3, -0.25) is 0 Å². The van der Waals surface area contributed by atoms with E-state index >= 15 is 0 Å². The van der Waals surface area contributed by atoms with Gasteiger partial charge in [0.2, 0.25) is 0 Å². The van der Waals surface area contributed by atoms with E-state index in [2.05, 4.69) is 0 Å². The fourth-order valence-corrected chi connectivity index (χ4v) is 1.26. The van der Waals surface area contributed by atoms with Gasteiger partial charge in [-0.2, -0.15) is 5.06 Å². The number of aliphatic hydroxyl groups excluding tert-OH is 3. The van der Waals surface area contributed by atoms with Crippen LogP contribution in [0.4, 0.5) is 0 Å². The van der Waals surface area contributed by atoms with E-state index in [1.54, 1.807) is 0 Å². The zero-order chi connectivity index (χ0) is 8.43. The summed E-state index contributed by atoms with van der Waals surface area (Å²) < 4.78 is 0. The van der Waals surface area contributed by atoms with Crippen molar-refractivity contribution in [1.82, 2.24) is 5.06 Å². The predicted octanol–water partition coefficient (Wildman–Crippen LogP) is -1.98. The summed E-state index contributed by atoms with van der Waals surface area (Å²) in [6.07, 6.45) is -1.89. The van der Waals surface area contributed by atoms with E-state index in [9.17, 15) is 5.11 Å². The lowest BCUT2D eigenvalue weighted by molar-refractivity contribution is -0.188. The van der Waals surface area contributed by atoms with Crippen LogP contribution in [0, 0.1) is 5.92 Å². The second-order valence-electron chi connectivity index (χ2n) is 2.87. The molecule has 0 aromatic heterocycles. The Kier molecular flexibility index (Phi) is 2.80. The van der Waals surface area contributed by atoms with Crippen LogP contribution in [0.5, 0.6) is 0 Å². The molecule has 11 heavy (non-hydrogen) atoms. The smallest absolute Gasteiger partial charge is 0.0952 e. The largest absolute Gasteiger partial charge is 0.396 e. The van der Waals surface area contributed by atoms with Gasteiger partial charge in [-0.25, -0.2) is 0 Å². The van der Waals surface area contributed by atoms with Gasteiger partial charge in [0.1, 0.15) is 0 Å². The van der Waals surface area contributed by atoms with E-state index in [0.29, 0.717) is 0 Å². The lowest BCUT2D eigenvalue weighted by atomic mass is 9.95. The molecule has 1 aliphatic rings. The summed E-state index contributed by atoms with van der Waals surface area (Å²) in [5.74, 6) is -0.455. The molecule has 3 unspecified atom stereocenters. The van der Waals surface area contributed by atoms with Crippen molar-refractivity contribution in [2.24, 2.45) is 5.92 Å². The van der Waals surface area contributed by atoms with Crippen molar-refractivity contribution in [2.45, 2.75) is 12.2 Å². The summed E-state index contributed by atoms with van der Waals surface area (Å²) in [5, 5.41) is 36.8. The van der Waals surface area contributed by atoms with Crippen LogP contribution in [0.25, 0.3) is 0 Å². The van der Waals surface area contributed by atoms with Crippen molar-refractivity contribution in [3.05, 3.63) is 0 Å². The Labute approximate surface area is 64.4 Å². The summed E-state index contributed by atoms with van der Waals surface area (Å²) in [7, 11) is 0. The molecule has 4 N–H and O–H groups in total. The first kappa shape index (κ1) is 8.89. The van der Waals surface area contributed by atoms with Gasteiger partial charge in [-0.15, -0.1) is 0 Å². The number of hydrogen-bond donors (Lipinski definition) is 4. The van der Waals surface area contributed by atoms with Crippen LogP contribution in [0.3, 0.4) is 0 Å². The van der Waals surface area contributed by atoms with Crippen molar-refractivity contribution < 1.29 is 20.5 Å². The predicted molar refractivity (Wildman–Crippen MR) is 35.9 cm³/mol. The van der Waals surface area contributed by atoms with Gasteiger partial charge in [-0.05, 0) is 0 Å². The molecule has 0 aromatic carbocycles. The van der Waals surface area contributed by atoms with Crippen molar-refractivity contribution in [3.8, 4) is 0 Å². The average Bonchev–Trinajstić information content (AvgIpc) is 1.96. The van der Waals surface area contributed by atoms with Crippen LogP contribution >= 0.6 is 0 Å². The molecule has 5 heteroatoms. The van der Waals surface area contributed by atoms with Gasteiger partial charge in [0.25, 0.3) is 0 Å². The maximum atomic E-state index is 9.21. The van der Waals surface area contributed by atoms with Crippen LogP contribution in [-0.2, 0) is 0 Å². The van der Waals surface area contributed by atoms with Crippen LogP contribution in [-0.4, -0.2) is 57.5 Å². The molecule has 1 fully saturated rings. The van der Waals surface area contributed by atoms with Gasteiger partial charge in [-0.1, -0.05) is 0 Å². The zero-order valence-electron chi connectivity index (χ0n) is 6.09. The molecule has 3 atom stereocenters. The molecule has 1 aliphatic heterocycles. The van der Waals surface area contributed by atoms with Crippen molar-refractivity contribution in [2.75, 3.05) is 19.7 Å². The molecule has 0 radical (unpaired) electrons. The van der Waals surface area contributed by atoms with Gasteiger partial charge in [0.05, 0.1) is 18.8 Å². The Morgan fingerprint density at radius 3 is 2.45 bits per heavy atom. The molecule has 0 aromatic rings. The van der Waals surface area contributed by atoms with Crippen LogP contribution in [0.1, 0.15) is 0 Å². The van der Waals surface area contributed by atoms with Crippen LogP contribution in [0.15, 0.2) is 0 Å². The van der Waals surface area contributed by atoms with E-state index in [1.165, 1.54) is 0 Å². The highest BCUT2D eigenvalue weighted by molar-refractivity contribution is 4.82. The summed E-state index contributed by atoms with van der Waals surface area (Å²) >= 11 is 0.